The molecule has 1 aromatic carbocycles. The first-order chi connectivity index (χ1) is 18.2. The Morgan fingerprint density at radius 2 is 1.97 bits per heavy atom. The minimum absolute atomic E-state index is 0.0160. The summed E-state index contributed by atoms with van der Waals surface area (Å²) in [6.07, 6.45) is -1.00. The third-order valence-electron chi connectivity index (χ3n) is 7.28. The van der Waals surface area contributed by atoms with Gasteiger partial charge in [0.05, 0.1) is 34.7 Å². The molecule has 0 saturated carbocycles. The lowest BCUT2D eigenvalue weighted by Gasteiger charge is -2.32. The maximum Gasteiger partial charge on any atom is 0.418 e. The predicted octanol–water partition coefficient (Wildman–Crippen LogP) is 4.75. The van der Waals surface area contributed by atoms with E-state index in [-0.39, 0.29) is 23.1 Å². The Morgan fingerprint density at radius 1 is 1.24 bits per heavy atom. The number of hydrogen-bond acceptors (Lipinski definition) is 6. The molecule has 2 aromatic heterocycles. The number of carbonyl (C=O) groups excluding carboxylic acids is 1. The van der Waals surface area contributed by atoms with Crippen molar-refractivity contribution in [2.24, 2.45) is 0 Å². The van der Waals surface area contributed by atoms with E-state index >= 15 is 0 Å². The van der Waals surface area contributed by atoms with Crippen LogP contribution in [0.15, 0.2) is 30.5 Å². The first kappa shape index (κ1) is 25.9. The van der Waals surface area contributed by atoms with E-state index in [9.17, 15) is 18.0 Å². The smallest absolute Gasteiger partial charge is 0.393 e. The van der Waals surface area contributed by atoms with Crippen LogP contribution in [0, 0.1) is 5.41 Å². The summed E-state index contributed by atoms with van der Waals surface area (Å²) in [4.78, 5) is 23.9. The molecular formula is C27H29F3N6O2. The van der Waals surface area contributed by atoms with Crippen molar-refractivity contribution < 1.29 is 22.7 Å². The molecule has 0 aliphatic carbocycles. The Bertz CT molecular complexity index is 1440. The van der Waals surface area contributed by atoms with Crippen LogP contribution in [0.2, 0.25) is 0 Å². The zero-order chi connectivity index (χ0) is 27.2. The van der Waals surface area contributed by atoms with Gasteiger partial charge in [0.25, 0.3) is 0 Å². The molecule has 200 valence electrons. The number of nitrogens with one attached hydrogen (secondary N) is 2. The molecule has 1 unspecified atom stereocenters. The van der Waals surface area contributed by atoms with E-state index in [1.165, 1.54) is 6.20 Å². The summed E-state index contributed by atoms with van der Waals surface area (Å²) in [6, 6.07) is 5.78. The Morgan fingerprint density at radius 3 is 2.63 bits per heavy atom. The van der Waals surface area contributed by atoms with Crippen molar-refractivity contribution in [2.45, 2.75) is 44.4 Å². The Labute approximate surface area is 218 Å². The second-order valence-corrected chi connectivity index (χ2v) is 9.68. The number of allylic oxidation sites excluding steroid dienone is 1. The van der Waals surface area contributed by atoms with Crippen LogP contribution in [0.25, 0.3) is 27.7 Å². The SMILES string of the molecule is CN/C=C(\C=N)c1nc2cccc(-c3nc(C4CCOCC4)n4c3CN(C)C(=O)C4C)c2cc1C(F)(F)F. The van der Waals surface area contributed by atoms with Gasteiger partial charge in [-0.3, -0.25) is 4.79 Å². The molecule has 2 aliphatic rings. The van der Waals surface area contributed by atoms with Crippen LogP contribution >= 0.6 is 0 Å². The Balaban J connectivity index is 1.78. The average molecular weight is 527 g/mol. The van der Waals surface area contributed by atoms with Crippen molar-refractivity contribution >= 4 is 28.6 Å². The zero-order valence-electron chi connectivity index (χ0n) is 21.4. The van der Waals surface area contributed by atoms with Gasteiger partial charge in [-0.2, -0.15) is 13.2 Å². The minimum Gasteiger partial charge on any atom is -0.393 e. The van der Waals surface area contributed by atoms with E-state index in [0.717, 1.165) is 36.6 Å². The Hall–Kier alpha value is -3.73. The number of carbonyl (C=O) groups is 1. The Kier molecular flexibility index (Phi) is 6.72. The van der Waals surface area contributed by atoms with Gasteiger partial charge in [0.1, 0.15) is 11.9 Å². The molecule has 1 amide bonds. The number of aromatic nitrogens is 3. The first-order valence-electron chi connectivity index (χ1n) is 12.5. The van der Waals surface area contributed by atoms with Crippen molar-refractivity contribution in [1.29, 1.82) is 5.41 Å². The molecule has 4 heterocycles. The van der Waals surface area contributed by atoms with Crippen molar-refractivity contribution in [3.8, 4) is 11.3 Å². The van der Waals surface area contributed by atoms with Crippen LogP contribution < -0.4 is 5.32 Å². The predicted molar refractivity (Wildman–Crippen MR) is 138 cm³/mol. The molecule has 5 rings (SSSR count). The van der Waals surface area contributed by atoms with Gasteiger partial charge in [-0.1, -0.05) is 12.1 Å². The molecule has 11 heteroatoms. The van der Waals surface area contributed by atoms with Gasteiger partial charge in [-0.05, 0) is 31.9 Å². The van der Waals surface area contributed by atoms with Crippen LogP contribution in [0.1, 0.15) is 54.5 Å². The van der Waals surface area contributed by atoms with Crippen molar-refractivity contribution in [3.63, 3.8) is 0 Å². The fraction of sp³-hybridized carbons (Fsp3) is 0.407. The normalized spacial score (nSPS) is 19.1. The second kappa shape index (κ2) is 9.86. The summed E-state index contributed by atoms with van der Waals surface area (Å²) in [5.41, 5.74) is 1.00. The first-order valence-corrected chi connectivity index (χ1v) is 12.5. The molecule has 0 radical (unpaired) electrons. The van der Waals surface area contributed by atoms with E-state index in [1.54, 1.807) is 37.2 Å². The molecule has 0 bridgehead atoms. The summed E-state index contributed by atoms with van der Waals surface area (Å²) < 4.78 is 50.3. The fourth-order valence-electron chi connectivity index (χ4n) is 5.43. The van der Waals surface area contributed by atoms with Crippen molar-refractivity contribution in [1.82, 2.24) is 24.8 Å². The van der Waals surface area contributed by atoms with Crippen LogP contribution in [0.5, 0.6) is 0 Å². The lowest BCUT2D eigenvalue weighted by atomic mass is 9.98. The molecule has 1 atom stereocenters. The number of hydrogen-bond donors (Lipinski definition) is 2. The number of alkyl halides is 3. The van der Waals surface area contributed by atoms with E-state index < -0.39 is 17.8 Å². The zero-order valence-corrected chi connectivity index (χ0v) is 21.4. The molecule has 1 fully saturated rings. The minimum atomic E-state index is -4.69. The fourth-order valence-corrected chi connectivity index (χ4v) is 5.43. The third kappa shape index (κ3) is 4.34. The summed E-state index contributed by atoms with van der Waals surface area (Å²) >= 11 is 0. The molecule has 8 nitrogen and oxygen atoms in total. The summed E-state index contributed by atoms with van der Waals surface area (Å²) in [5, 5.41) is 10.6. The van der Waals surface area contributed by atoms with Gasteiger partial charge in [0, 0.05) is 62.2 Å². The maximum atomic E-state index is 14.3. The number of nitrogens with zero attached hydrogens (tertiary/aromatic N) is 4. The van der Waals surface area contributed by atoms with Gasteiger partial charge in [-0.25, -0.2) is 9.97 Å². The van der Waals surface area contributed by atoms with Crippen LogP contribution in [-0.4, -0.2) is 58.9 Å². The molecule has 1 saturated heterocycles. The number of halogens is 3. The third-order valence-corrected chi connectivity index (χ3v) is 7.28. The van der Waals surface area contributed by atoms with Crippen molar-refractivity contribution in [3.05, 3.63) is 53.2 Å². The highest BCUT2D eigenvalue weighted by Crippen LogP contribution is 2.41. The second-order valence-electron chi connectivity index (χ2n) is 9.68. The standard InChI is InChI=1S/C27H29F3N6O2/c1-15-26(37)35(3)14-22-24(34-25(36(15)22)16-7-9-38-10-8-16)18-5-4-6-21-19(18)11-20(27(28,29)30)23(33-21)17(12-31)13-32-2/h4-6,11-13,15-16,31-32H,7-10,14H2,1-3H3/b17-13+,31-12?. The lowest BCUT2D eigenvalue weighted by Crippen LogP contribution is -2.40. The van der Waals surface area contributed by atoms with Gasteiger partial charge in [-0.15, -0.1) is 0 Å². The number of imidazole rings is 1. The number of rotatable bonds is 5. The van der Waals surface area contributed by atoms with Crippen LogP contribution in [0.3, 0.4) is 0 Å². The van der Waals surface area contributed by atoms with E-state index in [4.69, 9.17) is 15.1 Å². The largest absolute Gasteiger partial charge is 0.418 e. The number of benzene rings is 1. The molecule has 3 aromatic rings. The number of fused-ring (bicyclic) bond motifs is 2. The van der Waals surface area contributed by atoms with Gasteiger partial charge in [0.2, 0.25) is 5.91 Å². The average Bonchev–Trinajstić information content (AvgIpc) is 3.28. The highest BCUT2D eigenvalue weighted by atomic mass is 19.4. The van der Waals surface area contributed by atoms with Gasteiger partial charge >= 0.3 is 6.18 Å². The molecule has 2 aliphatic heterocycles. The number of ether oxygens (including phenoxy) is 1. The van der Waals surface area contributed by atoms with Crippen molar-refractivity contribution in [2.75, 3.05) is 27.3 Å². The van der Waals surface area contributed by atoms with Crippen LogP contribution in [-0.2, 0) is 22.3 Å². The molecular weight excluding hydrogens is 497 g/mol. The molecule has 38 heavy (non-hydrogen) atoms. The molecule has 2 N–H and O–H groups in total. The van der Waals surface area contributed by atoms with E-state index in [0.29, 0.717) is 41.9 Å². The summed E-state index contributed by atoms with van der Waals surface area (Å²) in [6.45, 7) is 3.32. The molecule has 0 spiro atoms. The van der Waals surface area contributed by atoms with E-state index in [2.05, 4.69) is 10.3 Å². The van der Waals surface area contributed by atoms with Crippen LogP contribution in [0.4, 0.5) is 13.2 Å². The topological polar surface area (TPSA) is 96.1 Å². The quantitative estimate of drug-likeness (QED) is 0.468. The van der Waals surface area contributed by atoms with E-state index in [1.807, 2.05) is 11.5 Å². The van der Waals surface area contributed by atoms with Gasteiger partial charge in [0.15, 0.2) is 0 Å². The maximum absolute atomic E-state index is 14.3. The number of likely N-dealkylation sites (N-methyl/N-ethyl adjacent to an activating group) is 1. The summed E-state index contributed by atoms with van der Waals surface area (Å²) in [5.74, 6) is 0.823. The summed E-state index contributed by atoms with van der Waals surface area (Å²) in [7, 11) is 3.27. The number of pyridine rings is 1. The monoisotopic (exact) mass is 526 g/mol. The van der Waals surface area contributed by atoms with Gasteiger partial charge < -0.3 is 24.9 Å². The highest BCUT2D eigenvalue weighted by Gasteiger charge is 2.38. The number of amides is 1. The lowest BCUT2D eigenvalue weighted by molar-refractivity contribution is -0.138. The highest BCUT2D eigenvalue weighted by molar-refractivity contribution is 6.09.